The van der Waals surface area contributed by atoms with Gasteiger partial charge in [0.2, 0.25) is 0 Å². The summed E-state index contributed by atoms with van der Waals surface area (Å²) in [5.74, 6) is -1.83. The SMILES string of the molecule is CC(C)(C)c1ccc(C(NC(=O)Nc2ccc3c(c2)C(F)(F)OC(F)(F)O3)c2ccc(C=CC=CC(=O)O)cc2)cc1. The molecule has 3 aromatic carbocycles. The Bertz CT molecular complexity index is 1510. The van der Waals surface area contributed by atoms with Crippen LogP contribution in [0.15, 0.2) is 85.0 Å². The Balaban J connectivity index is 1.58. The smallest absolute Gasteiger partial charge is 0.478 e. The normalized spacial score (nSPS) is 16.5. The molecule has 0 spiro atoms. The summed E-state index contributed by atoms with van der Waals surface area (Å²) < 4.78 is 62.7. The van der Waals surface area contributed by atoms with E-state index in [0.29, 0.717) is 5.56 Å². The van der Waals surface area contributed by atoms with Crippen LogP contribution in [0.3, 0.4) is 0 Å². The van der Waals surface area contributed by atoms with Crippen molar-refractivity contribution in [2.24, 2.45) is 0 Å². The topological polar surface area (TPSA) is 96.9 Å². The molecule has 1 aliphatic rings. The molecule has 0 bridgehead atoms. The Hall–Kier alpha value is -4.64. The fraction of sp³-hybridized carbons (Fsp3) is 0.226. The number of carbonyl (C=O) groups excluding carboxylic acids is 1. The van der Waals surface area contributed by atoms with Crippen LogP contribution in [0.5, 0.6) is 5.75 Å². The van der Waals surface area contributed by atoms with Gasteiger partial charge < -0.3 is 20.5 Å². The highest BCUT2D eigenvalue weighted by Crippen LogP contribution is 2.46. The fourth-order valence-corrected chi connectivity index (χ4v) is 4.21. The molecule has 7 nitrogen and oxygen atoms in total. The Kier molecular flexibility index (Phi) is 8.44. The predicted molar refractivity (Wildman–Crippen MR) is 148 cm³/mol. The molecule has 1 heterocycles. The number of nitrogens with one attached hydrogen (secondary N) is 2. The van der Waals surface area contributed by atoms with Crippen molar-refractivity contribution >= 4 is 23.8 Å². The van der Waals surface area contributed by atoms with Crippen LogP contribution in [0, 0.1) is 0 Å². The summed E-state index contributed by atoms with van der Waals surface area (Å²) in [5, 5.41) is 14.0. The van der Waals surface area contributed by atoms with E-state index in [4.69, 9.17) is 5.11 Å². The maximum atomic E-state index is 14.2. The van der Waals surface area contributed by atoms with E-state index in [1.807, 2.05) is 24.3 Å². The Morgan fingerprint density at radius 3 is 2.12 bits per heavy atom. The summed E-state index contributed by atoms with van der Waals surface area (Å²) in [6.45, 7) is 6.22. The number of ether oxygens (including phenoxy) is 2. The van der Waals surface area contributed by atoms with Gasteiger partial charge in [-0.25, -0.2) is 14.3 Å². The average molecular weight is 585 g/mol. The number of carbonyl (C=O) groups is 2. The number of alkyl halides is 4. The number of urea groups is 1. The van der Waals surface area contributed by atoms with Crippen molar-refractivity contribution in [3.63, 3.8) is 0 Å². The zero-order valence-corrected chi connectivity index (χ0v) is 22.8. The summed E-state index contributed by atoms with van der Waals surface area (Å²) in [7, 11) is 0. The zero-order chi connectivity index (χ0) is 30.7. The second kappa shape index (κ2) is 11.7. The molecular formula is C31H28F4N2O5. The van der Waals surface area contributed by atoms with Crippen LogP contribution in [-0.4, -0.2) is 23.4 Å². The number of amides is 2. The lowest BCUT2D eigenvalue weighted by Crippen LogP contribution is -2.41. The van der Waals surface area contributed by atoms with Gasteiger partial charge >= 0.3 is 24.4 Å². The van der Waals surface area contributed by atoms with Crippen LogP contribution in [0.25, 0.3) is 6.08 Å². The minimum absolute atomic E-state index is 0.0972. The summed E-state index contributed by atoms with van der Waals surface area (Å²) in [4.78, 5) is 23.7. The number of hydrogen-bond donors (Lipinski definition) is 3. The number of allylic oxidation sites excluding steroid dienone is 2. The third-order valence-electron chi connectivity index (χ3n) is 6.32. The third-order valence-corrected chi connectivity index (χ3v) is 6.32. The first-order valence-corrected chi connectivity index (χ1v) is 12.8. The second-order valence-electron chi connectivity index (χ2n) is 10.5. The van der Waals surface area contributed by atoms with Gasteiger partial charge in [0.1, 0.15) is 5.75 Å². The molecule has 4 rings (SSSR count). The van der Waals surface area contributed by atoms with Gasteiger partial charge in [0, 0.05) is 11.8 Å². The number of aliphatic carboxylic acids is 1. The summed E-state index contributed by atoms with van der Waals surface area (Å²) >= 11 is 0. The molecular weight excluding hydrogens is 556 g/mol. The van der Waals surface area contributed by atoms with Gasteiger partial charge in [0.05, 0.1) is 11.6 Å². The molecule has 1 atom stereocenters. The van der Waals surface area contributed by atoms with Gasteiger partial charge in [0.15, 0.2) is 0 Å². The molecule has 1 aliphatic heterocycles. The number of carboxylic acid groups (broad SMARTS) is 1. The van der Waals surface area contributed by atoms with Crippen LogP contribution >= 0.6 is 0 Å². The van der Waals surface area contributed by atoms with Gasteiger partial charge in [-0.1, -0.05) is 87.5 Å². The number of fused-ring (bicyclic) bond motifs is 1. The van der Waals surface area contributed by atoms with Crippen molar-refractivity contribution in [1.82, 2.24) is 5.32 Å². The molecule has 0 radical (unpaired) electrons. The Morgan fingerprint density at radius 2 is 1.52 bits per heavy atom. The second-order valence-corrected chi connectivity index (χ2v) is 10.5. The minimum Gasteiger partial charge on any atom is -0.478 e. The van der Waals surface area contributed by atoms with Gasteiger partial charge in [-0.15, -0.1) is 8.78 Å². The van der Waals surface area contributed by atoms with Crippen molar-refractivity contribution < 1.29 is 41.7 Å². The highest BCUT2D eigenvalue weighted by Gasteiger charge is 2.54. The van der Waals surface area contributed by atoms with Crippen LogP contribution in [-0.2, 0) is 21.1 Å². The van der Waals surface area contributed by atoms with E-state index in [1.165, 1.54) is 6.08 Å². The molecule has 0 aromatic heterocycles. The first kappa shape index (κ1) is 30.3. The highest BCUT2D eigenvalue weighted by atomic mass is 19.3. The molecule has 220 valence electrons. The van der Waals surface area contributed by atoms with Crippen molar-refractivity contribution in [2.75, 3.05) is 5.32 Å². The van der Waals surface area contributed by atoms with Crippen LogP contribution in [0.4, 0.5) is 28.0 Å². The van der Waals surface area contributed by atoms with Gasteiger partial charge in [-0.2, -0.15) is 8.78 Å². The predicted octanol–water partition coefficient (Wildman–Crippen LogP) is 7.56. The fourth-order valence-electron chi connectivity index (χ4n) is 4.21. The lowest BCUT2D eigenvalue weighted by Gasteiger charge is -2.30. The molecule has 3 N–H and O–H groups in total. The molecule has 11 heteroatoms. The number of benzene rings is 3. The van der Waals surface area contributed by atoms with Crippen LogP contribution < -0.4 is 15.4 Å². The summed E-state index contributed by atoms with van der Waals surface area (Å²) in [5.41, 5.74) is 2.15. The van der Waals surface area contributed by atoms with E-state index in [2.05, 4.69) is 40.9 Å². The maximum absolute atomic E-state index is 14.2. The highest BCUT2D eigenvalue weighted by molar-refractivity contribution is 5.90. The van der Waals surface area contributed by atoms with E-state index in [1.54, 1.807) is 36.4 Å². The quantitative estimate of drug-likeness (QED) is 0.151. The molecule has 0 saturated carbocycles. The number of hydrogen-bond acceptors (Lipinski definition) is 4. The largest absolute Gasteiger partial charge is 0.540 e. The first-order valence-electron chi connectivity index (χ1n) is 12.8. The molecule has 0 saturated heterocycles. The number of anilines is 1. The van der Waals surface area contributed by atoms with Crippen LogP contribution in [0.2, 0.25) is 0 Å². The van der Waals surface area contributed by atoms with E-state index in [0.717, 1.165) is 41.0 Å². The van der Waals surface area contributed by atoms with Gasteiger partial charge in [-0.3, -0.25) is 0 Å². The molecule has 2 amide bonds. The monoisotopic (exact) mass is 584 g/mol. The lowest BCUT2D eigenvalue weighted by molar-refractivity contribution is -0.461. The van der Waals surface area contributed by atoms with Crippen molar-refractivity contribution in [1.29, 1.82) is 0 Å². The van der Waals surface area contributed by atoms with E-state index in [9.17, 15) is 27.2 Å². The Morgan fingerprint density at radius 1 is 0.905 bits per heavy atom. The third kappa shape index (κ3) is 7.55. The summed E-state index contributed by atoms with van der Waals surface area (Å²) in [6, 6.07) is 16.3. The summed E-state index contributed by atoms with van der Waals surface area (Å²) in [6.07, 6.45) is -3.16. The van der Waals surface area contributed by atoms with Gasteiger partial charge in [-0.05, 0) is 45.9 Å². The van der Waals surface area contributed by atoms with Gasteiger partial charge in [0.25, 0.3) is 0 Å². The number of carboxylic acids is 1. The minimum atomic E-state index is -4.50. The van der Waals surface area contributed by atoms with E-state index < -0.39 is 41.8 Å². The number of rotatable bonds is 7. The van der Waals surface area contributed by atoms with Crippen LogP contribution in [0.1, 0.15) is 54.6 Å². The maximum Gasteiger partial charge on any atom is 0.540 e. The lowest BCUT2D eigenvalue weighted by atomic mass is 9.85. The zero-order valence-electron chi connectivity index (χ0n) is 22.8. The standard InChI is InChI=1S/C31H28F4N2O5/c1-29(2,3)22-14-12-21(13-15-22)27(20-10-8-19(9-11-20)6-4-5-7-26(38)39)37-28(40)36-23-16-17-25-24(18-23)30(32,33)42-31(34,35)41-25/h4-18,27H,1-3H3,(H,38,39)(H2,36,37,40). The molecule has 42 heavy (non-hydrogen) atoms. The van der Waals surface area contributed by atoms with E-state index in [-0.39, 0.29) is 11.1 Å². The van der Waals surface area contributed by atoms with Crippen molar-refractivity contribution in [3.8, 4) is 5.75 Å². The van der Waals surface area contributed by atoms with Crippen molar-refractivity contribution in [3.05, 3.63) is 113 Å². The number of halogens is 4. The first-order chi connectivity index (χ1) is 19.6. The molecule has 0 fully saturated rings. The molecule has 3 aromatic rings. The average Bonchev–Trinajstić information content (AvgIpc) is 2.89. The van der Waals surface area contributed by atoms with Crippen molar-refractivity contribution in [2.45, 2.75) is 44.6 Å². The molecule has 1 unspecified atom stereocenters. The molecule has 0 aliphatic carbocycles. The van der Waals surface area contributed by atoms with E-state index >= 15 is 0 Å². The Labute approximate surface area is 239 Å².